The van der Waals surface area contributed by atoms with Gasteiger partial charge in [0.15, 0.2) is 0 Å². The van der Waals surface area contributed by atoms with Crippen LogP contribution in [0.2, 0.25) is 0 Å². The minimum atomic E-state index is 0.231. The van der Waals surface area contributed by atoms with Crippen molar-refractivity contribution in [3.63, 3.8) is 0 Å². The van der Waals surface area contributed by atoms with Crippen LogP contribution in [0.1, 0.15) is 11.3 Å². The Morgan fingerprint density at radius 1 is 1.08 bits per heavy atom. The van der Waals surface area contributed by atoms with Crippen molar-refractivity contribution in [3.8, 4) is 22.5 Å². The SMILES string of the molecule is COCCN1CCN(CCN/C=C\C(=N)Nc2ncc3c(n2)-c2c(nn(C)c2-c2ccccc2)CC3)CC1. The van der Waals surface area contributed by atoms with Gasteiger partial charge in [-0.15, -0.1) is 0 Å². The molecular formula is C28H37N9O. The largest absolute Gasteiger partial charge is 0.389 e. The van der Waals surface area contributed by atoms with Crippen molar-refractivity contribution < 1.29 is 4.74 Å². The van der Waals surface area contributed by atoms with Crippen molar-refractivity contribution in [2.45, 2.75) is 12.8 Å². The quantitative estimate of drug-likeness (QED) is 0.215. The zero-order chi connectivity index (χ0) is 26.3. The molecule has 0 bridgehead atoms. The Morgan fingerprint density at radius 2 is 1.84 bits per heavy atom. The van der Waals surface area contributed by atoms with Crippen LogP contribution in [0.5, 0.6) is 0 Å². The Hall–Kier alpha value is -3.60. The van der Waals surface area contributed by atoms with Crippen molar-refractivity contribution in [1.29, 1.82) is 5.41 Å². The molecule has 2 aromatic heterocycles. The van der Waals surface area contributed by atoms with E-state index in [0.29, 0.717) is 5.95 Å². The zero-order valence-electron chi connectivity index (χ0n) is 22.3. The third kappa shape index (κ3) is 6.09. The molecule has 1 fully saturated rings. The highest BCUT2D eigenvalue weighted by molar-refractivity contribution is 6.00. The van der Waals surface area contributed by atoms with E-state index in [-0.39, 0.29) is 5.84 Å². The van der Waals surface area contributed by atoms with Gasteiger partial charge in [-0.2, -0.15) is 5.10 Å². The van der Waals surface area contributed by atoms with Crippen LogP contribution in [-0.4, -0.2) is 94.9 Å². The van der Waals surface area contributed by atoms with Crippen molar-refractivity contribution in [2.24, 2.45) is 7.05 Å². The van der Waals surface area contributed by atoms with Gasteiger partial charge in [-0.1, -0.05) is 30.3 Å². The van der Waals surface area contributed by atoms with E-state index in [9.17, 15) is 0 Å². The molecule has 1 aliphatic carbocycles. The van der Waals surface area contributed by atoms with Crippen LogP contribution < -0.4 is 10.6 Å². The number of piperazine rings is 1. The molecule has 0 spiro atoms. The van der Waals surface area contributed by atoms with E-state index in [1.165, 1.54) is 0 Å². The molecule has 0 radical (unpaired) electrons. The second-order valence-electron chi connectivity index (χ2n) is 9.73. The molecule has 0 saturated carbocycles. The molecule has 1 saturated heterocycles. The van der Waals surface area contributed by atoms with Crippen molar-refractivity contribution in [2.75, 3.05) is 64.8 Å². The molecule has 0 amide bonds. The standard InChI is InChI=1S/C28H37N9O/c1-35-27(21-6-4-3-5-7-21)25-23(34-35)9-8-22-20-31-28(33-26(22)25)32-24(29)10-11-30-12-13-36-14-16-37(17-15-36)18-19-38-2/h3-7,10-11,20,30H,8-9,12-19H2,1-2H3,(H2,29,31,32,33)/b11-10-. The lowest BCUT2D eigenvalue weighted by Crippen LogP contribution is -2.48. The molecule has 3 heterocycles. The third-order valence-electron chi connectivity index (χ3n) is 7.16. The maximum atomic E-state index is 8.34. The van der Waals surface area contributed by atoms with Gasteiger partial charge in [0.2, 0.25) is 5.95 Å². The number of benzene rings is 1. The van der Waals surface area contributed by atoms with Gasteiger partial charge in [0.05, 0.1) is 23.7 Å². The monoisotopic (exact) mass is 515 g/mol. The summed E-state index contributed by atoms with van der Waals surface area (Å²) in [4.78, 5) is 14.2. The Kier molecular flexibility index (Phi) is 8.42. The van der Waals surface area contributed by atoms with Crippen molar-refractivity contribution in [3.05, 3.63) is 60.1 Å². The summed E-state index contributed by atoms with van der Waals surface area (Å²) in [6, 6.07) is 10.3. The smallest absolute Gasteiger partial charge is 0.228 e. The Morgan fingerprint density at radius 3 is 2.61 bits per heavy atom. The fraction of sp³-hybridized carbons (Fsp3) is 0.429. The normalized spacial score (nSPS) is 15.8. The number of ether oxygens (including phenoxy) is 1. The van der Waals surface area contributed by atoms with Crippen LogP contribution in [-0.2, 0) is 24.6 Å². The molecule has 1 aliphatic heterocycles. The maximum Gasteiger partial charge on any atom is 0.228 e. The minimum Gasteiger partial charge on any atom is -0.389 e. The van der Waals surface area contributed by atoms with Gasteiger partial charge in [-0.3, -0.25) is 19.9 Å². The number of aryl methyl sites for hydroxylation is 3. The summed E-state index contributed by atoms with van der Waals surface area (Å²) in [5, 5.41) is 19.5. The number of methoxy groups -OCH3 is 1. The Labute approximate surface area is 224 Å². The molecule has 5 rings (SSSR count). The van der Waals surface area contributed by atoms with E-state index in [1.54, 1.807) is 13.2 Å². The average molecular weight is 516 g/mol. The first-order chi connectivity index (χ1) is 18.6. The fourth-order valence-corrected chi connectivity index (χ4v) is 5.12. The second kappa shape index (κ2) is 12.3. The average Bonchev–Trinajstić information content (AvgIpc) is 3.29. The van der Waals surface area contributed by atoms with Crippen molar-refractivity contribution in [1.82, 2.24) is 34.9 Å². The highest BCUT2D eigenvalue weighted by Crippen LogP contribution is 2.39. The highest BCUT2D eigenvalue weighted by atomic mass is 16.5. The maximum absolute atomic E-state index is 8.34. The highest BCUT2D eigenvalue weighted by Gasteiger charge is 2.27. The molecule has 10 nitrogen and oxygen atoms in total. The third-order valence-corrected chi connectivity index (χ3v) is 7.16. The van der Waals surface area contributed by atoms with Crippen LogP contribution in [0, 0.1) is 5.41 Å². The van der Waals surface area contributed by atoms with Crippen LogP contribution in [0.15, 0.2) is 48.8 Å². The Balaban J connectivity index is 1.16. The topological polar surface area (TPSA) is 107 Å². The lowest BCUT2D eigenvalue weighted by atomic mass is 9.91. The molecule has 200 valence electrons. The first-order valence-corrected chi connectivity index (χ1v) is 13.3. The number of amidine groups is 1. The first-order valence-electron chi connectivity index (χ1n) is 13.3. The summed E-state index contributed by atoms with van der Waals surface area (Å²) in [6.45, 7) is 7.94. The number of anilines is 1. The molecule has 0 unspecified atom stereocenters. The number of hydrogen-bond acceptors (Lipinski definition) is 8. The number of aromatic nitrogens is 4. The summed E-state index contributed by atoms with van der Waals surface area (Å²) >= 11 is 0. The van der Waals surface area contributed by atoms with E-state index in [2.05, 4.69) is 37.6 Å². The summed E-state index contributed by atoms with van der Waals surface area (Å²) in [5.74, 6) is 0.648. The zero-order valence-corrected chi connectivity index (χ0v) is 22.3. The van der Waals surface area contributed by atoms with Crippen molar-refractivity contribution >= 4 is 11.8 Å². The van der Waals surface area contributed by atoms with Gasteiger partial charge in [-0.05, 0) is 24.5 Å². The van der Waals surface area contributed by atoms with Gasteiger partial charge in [0.25, 0.3) is 0 Å². The number of rotatable bonds is 10. The van der Waals surface area contributed by atoms with Gasteiger partial charge in [-0.25, -0.2) is 9.97 Å². The number of nitrogens with zero attached hydrogens (tertiary/aromatic N) is 6. The van der Waals surface area contributed by atoms with Crippen LogP contribution >= 0.6 is 0 Å². The van der Waals surface area contributed by atoms with Crippen LogP contribution in [0.25, 0.3) is 22.5 Å². The van der Waals surface area contributed by atoms with E-state index in [0.717, 1.165) is 99.0 Å². The summed E-state index contributed by atoms with van der Waals surface area (Å²) in [6.07, 6.45) is 7.12. The van der Waals surface area contributed by atoms with Crippen LogP contribution in [0.4, 0.5) is 5.95 Å². The van der Waals surface area contributed by atoms with Crippen LogP contribution in [0.3, 0.4) is 0 Å². The Bertz CT molecular complexity index is 1260. The molecule has 1 aromatic carbocycles. The minimum absolute atomic E-state index is 0.231. The van der Waals surface area contributed by atoms with E-state index in [1.807, 2.05) is 42.3 Å². The number of hydrogen-bond donors (Lipinski definition) is 3. The molecule has 38 heavy (non-hydrogen) atoms. The number of fused-ring (bicyclic) bond motifs is 3. The molecule has 2 aliphatic rings. The van der Waals surface area contributed by atoms with Gasteiger partial charge in [0.1, 0.15) is 5.84 Å². The van der Waals surface area contributed by atoms with Gasteiger partial charge >= 0.3 is 0 Å². The molecular weight excluding hydrogens is 478 g/mol. The lowest BCUT2D eigenvalue weighted by Gasteiger charge is -2.34. The molecule has 3 aromatic rings. The van der Waals surface area contributed by atoms with E-state index in [4.69, 9.17) is 20.2 Å². The molecule has 0 atom stereocenters. The van der Waals surface area contributed by atoms with E-state index >= 15 is 0 Å². The predicted molar refractivity (Wildman–Crippen MR) is 150 cm³/mol. The van der Waals surface area contributed by atoms with Gasteiger partial charge < -0.3 is 15.4 Å². The summed E-state index contributed by atoms with van der Waals surface area (Å²) < 4.78 is 7.12. The van der Waals surface area contributed by atoms with Gasteiger partial charge in [0, 0.05) is 83.5 Å². The fourth-order valence-electron chi connectivity index (χ4n) is 5.12. The predicted octanol–water partition coefficient (Wildman–Crippen LogP) is 2.40. The summed E-state index contributed by atoms with van der Waals surface area (Å²) in [7, 11) is 3.74. The number of nitrogens with one attached hydrogen (secondary N) is 3. The lowest BCUT2D eigenvalue weighted by molar-refractivity contribution is 0.0978. The first kappa shape index (κ1) is 26.0. The molecule has 3 N–H and O–H groups in total. The van der Waals surface area contributed by atoms with E-state index < -0.39 is 0 Å². The molecule has 10 heteroatoms. The summed E-state index contributed by atoms with van der Waals surface area (Å²) in [5.41, 5.74) is 6.29. The second-order valence-corrected chi connectivity index (χ2v) is 9.73.